The number of benzene rings is 2. The second-order valence-electron chi connectivity index (χ2n) is 4.72. The average Bonchev–Trinajstić information content (AvgIpc) is 2.56. The lowest BCUT2D eigenvalue weighted by Gasteiger charge is -2.09. The summed E-state index contributed by atoms with van der Waals surface area (Å²) in [7, 11) is 0. The second-order valence-corrected chi connectivity index (χ2v) is 4.72. The van der Waals surface area contributed by atoms with E-state index in [1.807, 2.05) is 36.4 Å². The molecule has 0 amide bonds. The van der Waals surface area contributed by atoms with Crippen LogP contribution in [0.4, 0.5) is 5.69 Å². The third kappa shape index (κ3) is 2.96. The predicted molar refractivity (Wildman–Crippen MR) is 85.5 cm³/mol. The molecule has 0 unspecified atom stereocenters. The number of pyridine rings is 1. The van der Waals surface area contributed by atoms with Gasteiger partial charge in [-0.15, -0.1) is 0 Å². The molecular weight excluding hydrogens is 276 g/mol. The summed E-state index contributed by atoms with van der Waals surface area (Å²) < 4.78 is 5.36. The number of aromatic nitrogens is 1. The van der Waals surface area contributed by atoms with Crippen molar-refractivity contribution in [2.24, 2.45) is 0 Å². The van der Waals surface area contributed by atoms with Crippen molar-refractivity contribution in [3.8, 4) is 16.9 Å². The largest absolute Gasteiger partial charge is 0.422 e. The van der Waals surface area contributed by atoms with Gasteiger partial charge < -0.3 is 10.5 Å². The Balaban J connectivity index is 1.94. The van der Waals surface area contributed by atoms with Crippen LogP contribution in [0.5, 0.6) is 5.75 Å². The normalized spacial score (nSPS) is 10.2. The minimum atomic E-state index is -0.487. The summed E-state index contributed by atoms with van der Waals surface area (Å²) in [6.07, 6.45) is 1.57. The van der Waals surface area contributed by atoms with Gasteiger partial charge in [-0.05, 0) is 35.9 Å². The maximum Gasteiger partial charge on any atom is 0.362 e. The standard InChI is InChI=1S/C18H14N2O2/c19-14-10-8-13(9-11-14)16-7-4-12-20-17(16)18(21)22-15-5-2-1-3-6-15/h1-12H,19H2. The lowest BCUT2D eigenvalue weighted by Crippen LogP contribution is -2.12. The average molecular weight is 290 g/mol. The van der Waals surface area contributed by atoms with E-state index in [-0.39, 0.29) is 5.69 Å². The summed E-state index contributed by atoms with van der Waals surface area (Å²) in [5, 5.41) is 0. The van der Waals surface area contributed by atoms with Crippen LogP contribution in [-0.4, -0.2) is 11.0 Å². The van der Waals surface area contributed by atoms with Gasteiger partial charge >= 0.3 is 5.97 Å². The number of anilines is 1. The zero-order chi connectivity index (χ0) is 15.4. The van der Waals surface area contributed by atoms with Crippen LogP contribution in [0.25, 0.3) is 11.1 Å². The summed E-state index contributed by atoms with van der Waals surface area (Å²) in [4.78, 5) is 16.5. The molecule has 4 heteroatoms. The SMILES string of the molecule is Nc1ccc(-c2cccnc2C(=O)Oc2ccccc2)cc1. The van der Waals surface area contributed by atoms with Gasteiger partial charge in [-0.25, -0.2) is 9.78 Å². The fourth-order valence-electron chi connectivity index (χ4n) is 2.11. The van der Waals surface area contributed by atoms with Crippen LogP contribution >= 0.6 is 0 Å². The fourth-order valence-corrected chi connectivity index (χ4v) is 2.11. The van der Waals surface area contributed by atoms with Crippen LogP contribution in [0.3, 0.4) is 0 Å². The zero-order valence-corrected chi connectivity index (χ0v) is 11.8. The van der Waals surface area contributed by atoms with Crippen LogP contribution in [-0.2, 0) is 0 Å². The summed E-state index contributed by atoms with van der Waals surface area (Å²) in [5.41, 5.74) is 8.21. The topological polar surface area (TPSA) is 65.2 Å². The van der Waals surface area contributed by atoms with E-state index >= 15 is 0 Å². The lowest BCUT2D eigenvalue weighted by molar-refractivity contribution is 0.0729. The first-order valence-corrected chi connectivity index (χ1v) is 6.82. The van der Waals surface area contributed by atoms with E-state index in [2.05, 4.69) is 4.98 Å². The Morgan fingerprint density at radius 2 is 1.64 bits per heavy atom. The molecule has 3 aromatic rings. The van der Waals surface area contributed by atoms with E-state index < -0.39 is 5.97 Å². The Bertz CT molecular complexity index is 784. The molecule has 0 aliphatic rings. The van der Waals surface area contributed by atoms with Crippen LogP contribution in [0.15, 0.2) is 72.9 Å². The minimum absolute atomic E-state index is 0.274. The highest BCUT2D eigenvalue weighted by atomic mass is 16.5. The Kier molecular flexibility index (Phi) is 3.83. The monoisotopic (exact) mass is 290 g/mol. The van der Waals surface area contributed by atoms with Gasteiger partial charge in [0.2, 0.25) is 0 Å². The molecule has 0 fully saturated rings. The Morgan fingerprint density at radius 1 is 0.909 bits per heavy atom. The summed E-state index contributed by atoms with van der Waals surface area (Å²) >= 11 is 0. The minimum Gasteiger partial charge on any atom is -0.422 e. The molecule has 0 spiro atoms. The van der Waals surface area contributed by atoms with E-state index in [0.717, 1.165) is 5.56 Å². The van der Waals surface area contributed by atoms with Crippen molar-refractivity contribution < 1.29 is 9.53 Å². The van der Waals surface area contributed by atoms with Crippen LogP contribution in [0, 0.1) is 0 Å². The number of rotatable bonds is 3. The molecule has 2 N–H and O–H groups in total. The van der Waals surface area contributed by atoms with E-state index in [4.69, 9.17) is 10.5 Å². The first-order valence-electron chi connectivity index (χ1n) is 6.82. The first kappa shape index (κ1) is 13.8. The molecule has 2 aromatic carbocycles. The van der Waals surface area contributed by atoms with Gasteiger partial charge in [-0.2, -0.15) is 0 Å². The smallest absolute Gasteiger partial charge is 0.362 e. The number of esters is 1. The van der Waals surface area contributed by atoms with Crippen molar-refractivity contribution in [3.05, 3.63) is 78.6 Å². The number of ether oxygens (including phenoxy) is 1. The molecule has 4 nitrogen and oxygen atoms in total. The molecule has 0 aliphatic heterocycles. The number of nitrogen functional groups attached to an aromatic ring is 1. The molecule has 1 heterocycles. The number of nitrogens with two attached hydrogens (primary N) is 1. The van der Waals surface area contributed by atoms with Crippen molar-refractivity contribution in [1.82, 2.24) is 4.98 Å². The molecule has 108 valence electrons. The fraction of sp³-hybridized carbons (Fsp3) is 0. The van der Waals surface area contributed by atoms with Crippen LogP contribution < -0.4 is 10.5 Å². The van der Waals surface area contributed by atoms with E-state index in [0.29, 0.717) is 17.0 Å². The first-order chi connectivity index (χ1) is 10.7. The highest BCUT2D eigenvalue weighted by Gasteiger charge is 2.16. The van der Waals surface area contributed by atoms with Gasteiger partial charge in [0, 0.05) is 17.4 Å². The molecular formula is C18H14N2O2. The number of nitrogens with zero attached hydrogens (tertiary/aromatic N) is 1. The molecule has 0 aliphatic carbocycles. The van der Waals surface area contributed by atoms with Crippen molar-refractivity contribution in [2.75, 3.05) is 5.73 Å². The van der Waals surface area contributed by atoms with Gasteiger partial charge in [0.25, 0.3) is 0 Å². The van der Waals surface area contributed by atoms with Crippen molar-refractivity contribution in [3.63, 3.8) is 0 Å². The molecule has 3 rings (SSSR count). The number of carbonyl (C=O) groups is 1. The molecule has 0 saturated heterocycles. The lowest BCUT2D eigenvalue weighted by atomic mass is 10.0. The molecule has 0 saturated carbocycles. The number of carbonyl (C=O) groups excluding carboxylic acids is 1. The molecule has 0 radical (unpaired) electrons. The summed E-state index contributed by atoms with van der Waals surface area (Å²) in [6, 6.07) is 19.8. The summed E-state index contributed by atoms with van der Waals surface area (Å²) in [5.74, 6) is 0.0000317. The van der Waals surface area contributed by atoms with E-state index in [1.165, 1.54) is 0 Å². The zero-order valence-electron chi connectivity index (χ0n) is 11.8. The Hall–Kier alpha value is -3.14. The van der Waals surface area contributed by atoms with Crippen molar-refractivity contribution in [2.45, 2.75) is 0 Å². The number of hydrogen-bond acceptors (Lipinski definition) is 4. The highest BCUT2D eigenvalue weighted by Crippen LogP contribution is 2.24. The van der Waals surface area contributed by atoms with Gasteiger partial charge in [0.15, 0.2) is 5.69 Å². The molecule has 0 atom stereocenters. The number of para-hydroxylation sites is 1. The van der Waals surface area contributed by atoms with Gasteiger partial charge in [0.05, 0.1) is 0 Å². The van der Waals surface area contributed by atoms with Crippen molar-refractivity contribution in [1.29, 1.82) is 0 Å². The maximum absolute atomic E-state index is 12.4. The van der Waals surface area contributed by atoms with E-state index in [9.17, 15) is 4.79 Å². The molecule has 22 heavy (non-hydrogen) atoms. The second kappa shape index (κ2) is 6.10. The Labute approximate surface area is 128 Å². The molecule has 1 aromatic heterocycles. The van der Waals surface area contributed by atoms with Crippen molar-refractivity contribution >= 4 is 11.7 Å². The van der Waals surface area contributed by atoms with Gasteiger partial charge in [-0.1, -0.05) is 36.4 Å². The third-order valence-corrected chi connectivity index (χ3v) is 3.18. The quantitative estimate of drug-likeness (QED) is 0.455. The van der Waals surface area contributed by atoms with Gasteiger partial charge in [0.1, 0.15) is 5.75 Å². The third-order valence-electron chi connectivity index (χ3n) is 3.18. The number of hydrogen-bond donors (Lipinski definition) is 1. The summed E-state index contributed by atoms with van der Waals surface area (Å²) in [6.45, 7) is 0. The van der Waals surface area contributed by atoms with Gasteiger partial charge in [-0.3, -0.25) is 0 Å². The van der Waals surface area contributed by atoms with Crippen LogP contribution in [0.1, 0.15) is 10.5 Å². The van der Waals surface area contributed by atoms with E-state index in [1.54, 1.807) is 36.5 Å². The Morgan fingerprint density at radius 3 is 2.36 bits per heavy atom. The van der Waals surface area contributed by atoms with Crippen LogP contribution in [0.2, 0.25) is 0 Å². The highest BCUT2D eigenvalue weighted by molar-refractivity contribution is 5.96. The molecule has 0 bridgehead atoms. The predicted octanol–water partition coefficient (Wildman–Crippen LogP) is 3.55. The maximum atomic E-state index is 12.4.